The number of halogens is 2. The summed E-state index contributed by atoms with van der Waals surface area (Å²) in [4.78, 5) is 20.5. The van der Waals surface area contributed by atoms with Crippen LogP contribution in [0, 0.1) is 25.5 Å². The zero-order valence-electron chi connectivity index (χ0n) is 14.2. The molecular weight excluding hydrogens is 338 g/mol. The number of anilines is 3. The molecule has 1 aromatic heterocycles. The van der Waals surface area contributed by atoms with Gasteiger partial charge in [-0.2, -0.15) is 0 Å². The molecule has 26 heavy (non-hydrogen) atoms. The Morgan fingerprint density at radius 3 is 2.58 bits per heavy atom. The Balaban J connectivity index is 1.80. The number of aromatic nitrogens is 2. The summed E-state index contributed by atoms with van der Waals surface area (Å²) in [5.74, 6) is -1.85. The van der Waals surface area contributed by atoms with Gasteiger partial charge >= 0.3 is 0 Å². The number of nitrogens with one attached hydrogen (secondary N) is 2. The van der Waals surface area contributed by atoms with E-state index in [1.165, 1.54) is 18.3 Å². The van der Waals surface area contributed by atoms with Crippen LogP contribution in [0.25, 0.3) is 0 Å². The van der Waals surface area contributed by atoms with Crippen molar-refractivity contribution in [2.24, 2.45) is 0 Å². The van der Waals surface area contributed by atoms with Gasteiger partial charge in [0, 0.05) is 18.0 Å². The van der Waals surface area contributed by atoms with Gasteiger partial charge in [-0.3, -0.25) is 4.79 Å². The van der Waals surface area contributed by atoms with E-state index in [9.17, 15) is 13.6 Å². The summed E-state index contributed by atoms with van der Waals surface area (Å²) in [6.45, 7) is 3.82. The van der Waals surface area contributed by atoms with E-state index in [2.05, 4.69) is 20.6 Å². The third-order valence-electron chi connectivity index (χ3n) is 3.71. The molecule has 0 aliphatic rings. The second kappa shape index (κ2) is 7.26. The molecule has 0 atom stereocenters. The fourth-order valence-corrected chi connectivity index (χ4v) is 2.31. The molecule has 132 valence electrons. The lowest BCUT2D eigenvalue weighted by Crippen LogP contribution is -2.15. The maximum Gasteiger partial charge on any atom is 0.274 e. The molecule has 0 aliphatic heterocycles. The number of hydrogen-bond acceptors (Lipinski definition) is 4. The van der Waals surface area contributed by atoms with Crippen LogP contribution in [0.1, 0.15) is 21.6 Å². The normalized spacial score (nSPS) is 10.5. The molecule has 0 bridgehead atoms. The molecule has 0 aliphatic carbocycles. The van der Waals surface area contributed by atoms with Crippen molar-refractivity contribution in [3.05, 3.63) is 77.1 Å². The minimum Gasteiger partial charge on any atom is -0.322 e. The van der Waals surface area contributed by atoms with Crippen LogP contribution >= 0.6 is 0 Å². The van der Waals surface area contributed by atoms with Crippen molar-refractivity contribution in [3.8, 4) is 0 Å². The van der Waals surface area contributed by atoms with Gasteiger partial charge < -0.3 is 10.6 Å². The topological polar surface area (TPSA) is 66.9 Å². The summed E-state index contributed by atoms with van der Waals surface area (Å²) in [6.07, 6.45) is 1.38. The Kier molecular flexibility index (Phi) is 4.88. The molecular formula is C19H16F2N4O. The van der Waals surface area contributed by atoms with Gasteiger partial charge in [0.05, 0.1) is 5.69 Å². The molecule has 0 unspecified atom stereocenters. The van der Waals surface area contributed by atoms with Crippen molar-refractivity contribution in [2.75, 3.05) is 10.6 Å². The third kappa shape index (κ3) is 4.00. The first kappa shape index (κ1) is 17.5. The zero-order chi connectivity index (χ0) is 18.7. The van der Waals surface area contributed by atoms with Gasteiger partial charge in [0.2, 0.25) is 5.95 Å². The number of amides is 1. The highest BCUT2D eigenvalue weighted by atomic mass is 19.1. The van der Waals surface area contributed by atoms with Crippen molar-refractivity contribution < 1.29 is 13.6 Å². The van der Waals surface area contributed by atoms with Crippen LogP contribution in [0.3, 0.4) is 0 Å². The molecule has 0 spiro atoms. The second-order valence-electron chi connectivity index (χ2n) is 5.79. The van der Waals surface area contributed by atoms with Gasteiger partial charge in [0.1, 0.15) is 17.3 Å². The summed E-state index contributed by atoms with van der Waals surface area (Å²) in [7, 11) is 0. The van der Waals surface area contributed by atoms with Gasteiger partial charge in [0.15, 0.2) is 0 Å². The summed E-state index contributed by atoms with van der Waals surface area (Å²) in [5.41, 5.74) is 2.75. The van der Waals surface area contributed by atoms with Crippen LogP contribution in [0.5, 0.6) is 0 Å². The fraction of sp³-hybridized carbons (Fsp3) is 0.105. The average Bonchev–Trinajstić information content (AvgIpc) is 2.61. The Hall–Kier alpha value is -3.35. The number of rotatable bonds is 4. The quantitative estimate of drug-likeness (QED) is 0.730. The van der Waals surface area contributed by atoms with Gasteiger partial charge in [-0.1, -0.05) is 12.1 Å². The first-order valence-electron chi connectivity index (χ1n) is 7.86. The highest BCUT2D eigenvalue weighted by Crippen LogP contribution is 2.19. The molecule has 3 rings (SSSR count). The molecule has 0 saturated heterocycles. The van der Waals surface area contributed by atoms with Gasteiger partial charge in [-0.05, 0) is 49.2 Å². The highest BCUT2D eigenvalue weighted by Gasteiger charge is 2.12. The van der Waals surface area contributed by atoms with Crippen LogP contribution in [-0.2, 0) is 0 Å². The van der Waals surface area contributed by atoms with E-state index in [0.29, 0.717) is 5.69 Å². The standard InChI is InChI=1S/C19H16F2N4O/c1-11-3-4-12(2)17(9-11)23-18(26)16-7-8-22-19(25-16)24-15-6-5-13(20)10-14(15)21/h3-10H,1-2H3,(H,23,26)(H,22,24,25). The first-order chi connectivity index (χ1) is 12.4. The number of carbonyl (C=O) groups excluding carboxylic acids is 1. The molecule has 2 aromatic carbocycles. The predicted molar refractivity (Wildman–Crippen MR) is 95.5 cm³/mol. The van der Waals surface area contributed by atoms with E-state index in [-0.39, 0.29) is 17.3 Å². The molecule has 0 radical (unpaired) electrons. The minimum absolute atomic E-state index is 0.0125. The molecule has 0 saturated carbocycles. The number of benzene rings is 2. The Morgan fingerprint density at radius 1 is 1.00 bits per heavy atom. The molecule has 3 aromatic rings. The van der Waals surface area contributed by atoms with Crippen LogP contribution < -0.4 is 10.6 Å². The van der Waals surface area contributed by atoms with E-state index in [1.807, 2.05) is 32.0 Å². The second-order valence-corrected chi connectivity index (χ2v) is 5.79. The Labute approximate surface area is 149 Å². The number of hydrogen-bond donors (Lipinski definition) is 2. The fourth-order valence-electron chi connectivity index (χ4n) is 2.31. The lowest BCUT2D eigenvalue weighted by molar-refractivity contribution is 0.102. The van der Waals surface area contributed by atoms with E-state index in [4.69, 9.17) is 0 Å². The third-order valence-corrected chi connectivity index (χ3v) is 3.71. The van der Waals surface area contributed by atoms with Crippen molar-refractivity contribution in [2.45, 2.75) is 13.8 Å². The summed E-state index contributed by atoms with van der Waals surface area (Å²) >= 11 is 0. The monoisotopic (exact) mass is 354 g/mol. The SMILES string of the molecule is Cc1ccc(C)c(NC(=O)c2ccnc(Nc3ccc(F)cc3F)n2)c1. The van der Waals surface area contributed by atoms with E-state index in [0.717, 1.165) is 23.3 Å². The van der Waals surface area contributed by atoms with Crippen molar-refractivity contribution in [1.82, 2.24) is 9.97 Å². The molecule has 1 heterocycles. The smallest absolute Gasteiger partial charge is 0.274 e. The highest BCUT2D eigenvalue weighted by molar-refractivity contribution is 6.03. The average molecular weight is 354 g/mol. The molecule has 2 N–H and O–H groups in total. The van der Waals surface area contributed by atoms with Crippen molar-refractivity contribution >= 4 is 23.2 Å². The summed E-state index contributed by atoms with van der Waals surface area (Å²) in [6, 6.07) is 10.3. The number of nitrogens with zero attached hydrogens (tertiary/aromatic N) is 2. The van der Waals surface area contributed by atoms with Gasteiger partial charge in [0.25, 0.3) is 5.91 Å². The van der Waals surface area contributed by atoms with Crippen LogP contribution in [-0.4, -0.2) is 15.9 Å². The molecule has 0 fully saturated rings. The molecule has 7 heteroatoms. The van der Waals surface area contributed by atoms with Crippen LogP contribution in [0.4, 0.5) is 26.1 Å². The lowest BCUT2D eigenvalue weighted by atomic mass is 10.1. The van der Waals surface area contributed by atoms with E-state index >= 15 is 0 Å². The number of aryl methyl sites for hydroxylation is 2. The maximum absolute atomic E-state index is 13.7. The Bertz CT molecular complexity index is 976. The van der Waals surface area contributed by atoms with Gasteiger partial charge in [-0.15, -0.1) is 0 Å². The van der Waals surface area contributed by atoms with E-state index in [1.54, 1.807) is 0 Å². The summed E-state index contributed by atoms with van der Waals surface area (Å²) < 4.78 is 26.7. The first-order valence-corrected chi connectivity index (χ1v) is 7.86. The van der Waals surface area contributed by atoms with Crippen LogP contribution in [0.2, 0.25) is 0 Å². The molecule has 5 nitrogen and oxygen atoms in total. The Morgan fingerprint density at radius 2 is 1.81 bits per heavy atom. The van der Waals surface area contributed by atoms with Gasteiger partial charge in [-0.25, -0.2) is 18.7 Å². The lowest BCUT2D eigenvalue weighted by Gasteiger charge is -2.10. The largest absolute Gasteiger partial charge is 0.322 e. The van der Waals surface area contributed by atoms with Crippen molar-refractivity contribution in [3.63, 3.8) is 0 Å². The number of carbonyl (C=O) groups is 1. The minimum atomic E-state index is -0.779. The maximum atomic E-state index is 13.7. The summed E-state index contributed by atoms with van der Waals surface area (Å²) in [5, 5.41) is 5.43. The van der Waals surface area contributed by atoms with Crippen LogP contribution in [0.15, 0.2) is 48.7 Å². The molecule has 1 amide bonds. The predicted octanol–water partition coefficient (Wildman–Crippen LogP) is 4.37. The van der Waals surface area contributed by atoms with Crippen molar-refractivity contribution in [1.29, 1.82) is 0 Å². The zero-order valence-corrected chi connectivity index (χ0v) is 14.2. The van der Waals surface area contributed by atoms with E-state index < -0.39 is 17.5 Å².